The molecular formula is C33H31BrN2O. The number of anilines is 1. The van der Waals surface area contributed by atoms with Crippen molar-refractivity contribution in [3.8, 4) is 5.75 Å². The van der Waals surface area contributed by atoms with Crippen LogP contribution in [0.1, 0.15) is 33.4 Å². The first-order chi connectivity index (χ1) is 18.2. The van der Waals surface area contributed by atoms with E-state index in [2.05, 4.69) is 124 Å². The summed E-state index contributed by atoms with van der Waals surface area (Å²) >= 11 is 3.48. The summed E-state index contributed by atoms with van der Waals surface area (Å²) in [7, 11) is 0. The fraction of sp³-hybridized carbons (Fsp3) is 0.121. The van der Waals surface area contributed by atoms with Gasteiger partial charge in [0.2, 0.25) is 0 Å². The molecule has 4 heteroatoms. The highest BCUT2D eigenvalue weighted by molar-refractivity contribution is 9.08. The highest BCUT2D eigenvalue weighted by Gasteiger charge is 2.03. The molecule has 5 rings (SSSR count). The average molecular weight is 552 g/mol. The standard InChI is InChI=1S/C19H18N2O.C14H13Br/c20-19-18(10-5-11-21-19)22-14-17-9-4-8-16(13-17)12-15-6-2-1-3-7-15;15-11-14-8-4-7-13(10-14)9-12-5-2-1-3-6-12/h1-11,13H,12,14H2,(H2,20,21);1-8,10H,9,11H2. The quantitative estimate of drug-likeness (QED) is 0.199. The molecule has 0 amide bonds. The fourth-order valence-corrected chi connectivity index (χ4v) is 4.35. The van der Waals surface area contributed by atoms with E-state index in [0.29, 0.717) is 18.2 Å². The molecule has 0 bridgehead atoms. The average Bonchev–Trinajstić information content (AvgIpc) is 2.94. The van der Waals surface area contributed by atoms with Crippen LogP contribution in [0.4, 0.5) is 5.82 Å². The monoisotopic (exact) mass is 550 g/mol. The third-order valence-corrected chi connectivity index (χ3v) is 6.48. The lowest BCUT2D eigenvalue weighted by Crippen LogP contribution is -2.00. The Morgan fingerprint density at radius 3 is 1.65 bits per heavy atom. The Balaban J connectivity index is 0.000000186. The zero-order chi connectivity index (χ0) is 25.7. The number of halogens is 1. The lowest BCUT2D eigenvalue weighted by molar-refractivity contribution is 0.307. The number of ether oxygens (including phenoxy) is 1. The Morgan fingerprint density at radius 1 is 0.568 bits per heavy atom. The molecule has 0 aliphatic carbocycles. The molecule has 0 saturated carbocycles. The van der Waals surface area contributed by atoms with Crippen molar-refractivity contribution in [2.24, 2.45) is 0 Å². The highest BCUT2D eigenvalue weighted by Crippen LogP contribution is 2.19. The molecular weight excluding hydrogens is 520 g/mol. The van der Waals surface area contributed by atoms with E-state index in [9.17, 15) is 0 Å². The summed E-state index contributed by atoms with van der Waals surface area (Å²) in [6, 6.07) is 41.8. The molecule has 0 unspecified atom stereocenters. The molecule has 186 valence electrons. The zero-order valence-electron chi connectivity index (χ0n) is 20.8. The van der Waals surface area contributed by atoms with Gasteiger partial charge in [-0.3, -0.25) is 0 Å². The molecule has 4 aromatic carbocycles. The van der Waals surface area contributed by atoms with Gasteiger partial charge in [0.05, 0.1) is 0 Å². The third-order valence-electron chi connectivity index (χ3n) is 5.83. The van der Waals surface area contributed by atoms with Crippen LogP contribution in [0.15, 0.2) is 128 Å². The summed E-state index contributed by atoms with van der Waals surface area (Å²) in [5, 5.41) is 0.926. The molecule has 0 fully saturated rings. The Kier molecular flexibility index (Phi) is 9.91. The molecule has 0 saturated heterocycles. The summed E-state index contributed by atoms with van der Waals surface area (Å²) in [6.07, 6.45) is 3.59. The van der Waals surface area contributed by atoms with Gasteiger partial charge in [0.25, 0.3) is 0 Å². The van der Waals surface area contributed by atoms with Crippen LogP contribution in [0.5, 0.6) is 5.75 Å². The van der Waals surface area contributed by atoms with Crippen molar-refractivity contribution in [2.45, 2.75) is 24.8 Å². The van der Waals surface area contributed by atoms with Gasteiger partial charge in [-0.2, -0.15) is 0 Å². The van der Waals surface area contributed by atoms with Gasteiger partial charge in [-0.05, 0) is 58.4 Å². The second kappa shape index (κ2) is 14.0. The van der Waals surface area contributed by atoms with E-state index < -0.39 is 0 Å². The van der Waals surface area contributed by atoms with Gasteiger partial charge in [-0.25, -0.2) is 4.98 Å². The maximum absolute atomic E-state index is 5.78. The molecule has 1 aromatic heterocycles. The van der Waals surface area contributed by atoms with Crippen molar-refractivity contribution in [3.63, 3.8) is 0 Å². The normalized spacial score (nSPS) is 10.3. The Labute approximate surface area is 228 Å². The van der Waals surface area contributed by atoms with E-state index in [1.807, 2.05) is 18.2 Å². The lowest BCUT2D eigenvalue weighted by Gasteiger charge is -2.09. The number of nitrogens with zero attached hydrogens (tertiary/aromatic N) is 1. The number of pyridine rings is 1. The van der Waals surface area contributed by atoms with E-state index >= 15 is 0 Å². The number of hydrogen-bond acceptors (Lipinski definition) is 3. The minimum atomic E-state index is 0.419. The van der Waals surface area contributed by atoms with Crippen molar-refractivity contribution in [2.75, 3.05) is 5.73 Å². The molecule has 0 spiro atoms. The van der Waals surface area contributed by atoms with Crippen molar-refractivity contribution in [3.05, 3.63) is 161 Å². The maximum Gasteiger partial charge on any atom is 0.166 e. The van der Waals surface area contributed by atoms with Crippen LogP contribution in [0.3, 0.4) is 0 Å². The molecule has 0 atom stereocenters. The predicted molar refractivity (Wildman–Crippen MR) is 157 cm³/mol. The van der Waals surface area contributed by atoms with Crippen LogP contribution in [0.2, 0.25) is 0 Å². The number of nitrogen functional groups attached to an aromatic ring is 1. The van der Waals surface area contributed by atoms with Crippen molar-refractivity contribution < 1.29 is 4.74 Å². The van der Waals surface area contributed by atoms with Gasteiger partial charge in [0.15, 0.2) is 11.6 Å². The summed E-state index contributed by atoms with van der Waals surface area (Å²) in [4.78, 5) is 4.02. The zero-order valence-corrected chi connectivity index (χ0v) is 22.3. The maximum atomic E-state index is 5.78. The van der Waals surface area contributed by atoms with Gasteiger partial charge < -0.3 is 10.5 Å². The van der Waals surface area contributed by atoms with E-state index in [-0.39, 0.29) is 0 Å². The summed E-state index contributed by atoms with van der Waals surface area (Å²) in [6.45, 7) is 0.485. The van der Waals surface area contributed by atoms with Crippen LogP contribution in [0, 0.1) is 0 Å². The van der Waals surface area contributed by atoms with E-state index in [4.69, 9.17) is 10.5 Å². The minimum absolute atomic E-state index is 0.419. The molecule has 1 heterocycles. The van der Waals surface area contributed by atoms with Gasteiger partial charge >= 0.3 is 0 Å². The van der Waals surface area contributed by atoms with E-state index in [0.717, 1.165) is 23.7 Å². The second-order valence-corrected chi connectivity index (χ2v) is 9.33. The molecule has 5 aromatic rings. The number of hydrogen-bond donors (Lipinski definition) is 1. The molecule has 2 N–H and O–H groups in total. The predicted octanol–water partition coefficient (Wildman–Crippen LogP) is 8.01. The lowest BCUT2D eigenvalue weighted by atomic mass is 10.0. The van der Waals surface area contributed by atoms with Crippen LogP contribution in [-0.4, -0.2) is 4.98 Å². The Hall–Kier alpha value is -3.89. The van der Waals surface area contributed by atoms with Gasteiger partial charge in [-0.15, -0.1) is 0 Å². The first kappa shape index (κ1) is 26.2. The van der Waals surface area contributed by atoms with Crippen LogP contribution >= 0.6 is 15.9 Å². The summed E-state index contributed by atoms with van der Waals surface area (Å²) < 4.78 is 5.74. The number of benzene rings is 4. The van der Waals surface area contributed by atoms with Crippen LogP contribution in [-0.2, 0) is 24.8 Å². The molecule has 0 radical (unpaired) electrons. The van der Waals surface area contributed by atoms with Gasteiger partial charge in [0.1, 0.15) is 6.61 Å². The van der Waals surface area contributed by atoms with Crippen LogP contribution < -0.4 is 10.5 Å². The second-order valence-electron chi connectivity index (χ2n) is 8.77. The summed E-state index contributed by atoms with van der Waals surface area (Å²) in [5.41, 5.74) is 13.6. The third kappa shape index (κ3) is 8.62. The van der Waals surface area contributed by atoms with Crippen LogP contribution in [0.25, 0.3) is 0 Å². The van der Waals surface area contributed by atoms with Gasteiger partial charge in [-0.1, -0.05) is 125 Å². The van der Waals surface area contributed by atoms with Gasteiger partial charge in [0, 0.05) is 11.5 Å². The minimum Gasteiger partial charge on any atom is -0.485 e. The van der Waals surface area contributed by atoms with Crippen molar-refractivity contribution >= 4 is 21.7 Å². The smallest absolute Gasteiger partial charge is 0.166 e. The van der Waals surface area contributed by atoms with Crippen molar-refractivity contribution in [1.29, 1.82) is 0 Å². The molecule has 37 heavy (non-hydrogen) atoms. The largest absolute Gasteiger partial charge is 0.485 e. The SMILES string of the molecule is BrCc1cccc(Cc2ccccc2)c1.Nc1ncccc1OCc1cccc(Cc2ccccc2)c1. The van der Waals surface area contributed by atoms with E-state index in [1.165, 1.54) is 27.8 Å². The fourth-order valence-electron chi connectivity index (χ4n) is 4.00. The summed E-state index contributed by atoms with van der Waals surface area (Å²) in [5.74, 6) is 1.04. The highest BCUT2D eigenvalue weighted by atomic mass is 79.9. The van der Waals surface area contributed by atoms with Crippen molar-refractivity contribution in [1.82, 2.24) is 4.98 Å². The molecule has 0 aliphatic heterocycles. The Morgan fingerprint density at radius 2 is 1.08 bits per heavy atom. The van der Waals surface area contributed by atoms with E-state index in [1.54, 1.807) is 6.20 Å². The first-order valence-electron chi connectivity index (χ1n) is 12.3. The Bertz CT molecular complexity index is 1370. The number of aromatic nitrogens is 1. The number of alkyl halides is 1. The number of rotatable bonds is 8. The first-order valence-corrected chi connectivity index (χ1v) is 13.4. The molecule has 3 nitrogen and oxygen atoms in total. The molecule has 0 aliphatic rings. The number of nitrogens with two attached hydrogens (primary N) is 1. The topological polar surface area (TPSA) is 48.1 Å².